The van der Waals surface area contributed by atoms with E-state index in [0.717, 1.165) is 44.9 Å². The van der Waals surface area contributed by atoms with Gasteiger partial charge in [0.05, 0.1) is 0 Å². The van der Waals surface area contributed by atoms with Gasteiger partial charge >= 0.3 is 6.09 Å². The lowest BCUT2D eigenvalue weighted by Gasteiger charge is -2.35. The smallest absolute Gasteiger partial charge is 0.408 e. The van der Waals surface area contributed by atoms with Crippen molar-refractivity contribution >= 4 is 23.8 Å². The number of aryl methyl sites for hydroxylation is 1. The van der Waals surface area contributed by atoms with Gasteiger partial charge in [0.25, 0.3) is 0 Å². The second-order valence-electron chi connectivity index (χ2n) is 12.1. The maximum absolute atomic E-state index is 14.3. The van der Waals surface area contributed by atoms with E-state index >= 15 is 0 Å². The van der Waals surface area contributed by atoms with Crippen LogP contribution in [0.2, 0.25) is 0 Å². The normalized spacial score (nSPS) is 13.5. The number of alkyl carbamates (subject to hydrolysis) is 1. The zero-order valence-corrected chi connectivity index (χ0v) is 26.8. The van der Waals surface area contributed by atoms with Crippen molar-refractivity contribution in [3.05, 3.63) is 29.3 Å². The van der Waals surface area contributed by atoms with E-state index < -0.39 is 41.5 Å². The van der Waals surface area contributed by atoms with Gasteiger partial charge in [-0.1, -0.05) is 70.6 Å². The second-order valence-corrected chi connectivity index (χ2v) is 12.1. The highest BCUT2D eigenvalue weighted by atomic mass is 16.6. The minimum absolute atomic E-state index is 0.0687. The third kappa shape index (κ3) is 13.1. The summed E-state index contributed by atoms with van der Waals surface area (Å²) in [5.41, 5.74) is 5.45. The molecule has 1 rings (SSSR count). The van der Waals surface area contributed by atoms with E-state index in [-0.39, 0.29) is 31.2 Å². The fourth-order valence-electron chi connectivity index (χ4n) is 4.80. The Hall–Kier alpha value is -3.30. The first-order chi connectivity index (χ1) is 19.7. The number of nitrogens with two attached hydrogens (primary N) is 1. The van der Waals surface area contributed by atoms with Crippen LogP contribution in [-0.4, -0.2) is 58.1 Å². The molecule has 0 spiro atoms. The summed E-state index contributed by atoms with van der Waals surface area (Å²) in [4.78, 5) is 54.1. The SMILES string of the molecule is CCCCCCCCN(C(=O)C(CCC(N)=O)NC(=O)OC(C)(C)C)C(C(=O)NC(C)CCC)c1cccc(C)c1O. The molecule has 0 aliphatic carbocycles. The van der Waals surface area contributed by atoms with Crippen molar-refractivity contribution in [2.45, 2.75) is 136 Å². The van der Waals surface area contributed by atoms with Crippen LogP contribution in [-0.2, 0) is 19.1 Å². The van der Waals surface area contributed by atoms with Crippen LogP contribution in [0.15, 0.2) is 18.2 Å². The number of nitrogens with one attached hydrogen (secondary N) is 2. The van der Waals surface area contributed by atoms with E-state index in [9.17, 15) is 24.3 Å². The van der Waals surface area contributed by atoms with Crippen LogP contribution in [0.5, 0.6) is 5.75 Å². The number of para-hydroxylation sites is 1. The number of phenolic OH excluding ortho intramolecular Hbond substituents is 1. The quantitative estimate of drug-likeness (QED) is 0.168. The molecule has 4 amide bonds. The molecule has 1 aromatic carbocycles. The van der Waals surface area contributed by atoms with Crippen molar-refractivity contribution in [2.24, 2.45) is 5.73 Å². The summed E-state index contributed by atoms with van der Waals surface area (Å²) in [7, 11) is 0. The summed E-state index contributed by atoms with van der Waals surface area (Å²) < 4.78 is 5.39. The first kappa shape index (κ1) is 36.7. The van der Waals surface area contributed by atoms with Crippen LogP contribution in [0.3, 0.4) is 0 Å². The Morgan fingerprint density at radius 2 is 1.62 bits per heavy atom. The van der Waals surface area contributed by atoms with Crippen molar-refractivity contribution in [1.29, 1.82) is 0 Å². The molecule has 0 fully saturated rings. The Morgan fingerprint density at radius 1 is 0.976 bits per heavy atom. The number of ether oxygens (including phenoxy) is 1. The molecule has 0 aromatic heterocycles. The van der Waals surface area contributed by atoms with E-state index in [1.54, 1.807) is 45.9 Å². The lowest BCUT2D eigenvalue weighted by molar-refractivity contribution is -0.143. The summed E-state index contributed by atoms with van der Waals surface area (Å²) >= 11 is 0. The number of aromatic hydroxyl groups is 1. The molecule has 0 aliphatic rings. The molecule has 3 unspecified atom stereocenters. The standard InChI is InChI=1S/C32H54N4O6/c1-8-10-11-12-13-14-21-36(30(40)25(19-20-26(33)37)35-31(41)42-32(5,6)7)27(29(39)34-23(4)16-9-2)24-18-15-17-22(3)28(24)38/h15,17-18,23,25,27,38H,8-14,16,19-21H2,1-7H3,(H2,33,37)(H,34,39)(H,35,41). The lowest BCUT2D eigenvalue weighted by Crippen LogP contribution is -2.54. The summed E-state index contributed by atoms with van der Waals surface area (Å²) in [6, 6.07) is 2.60. The molecule has 0 aliphatic heterocycles. The Balaban J connectivity index is 3.58. The number of carbonyl (C=O) groups excluding carboxylic acids is 4. The summed E-state index contributed by atoms with van der Waals surface area (Å²) in [5.74, 6) is -1.68. The summed E-state index contributed by atoms with van der Waals surface area (Å²) in [5, 5.41) is 16.7. The number of hydrogen-bond acceptors (Lipinski definition) is 6. The molecule has 1 aromatic rings. The molecule has 0 heterocycles. The molecule has 0 radical (unpaired) electrons. The van der Waals surface area contributed by atoms with Crippen LogP contribution in [0.25, 0.3) is 0 Å². The van der Waals surface area contributed by atoms with Gasteiger partial charge in [-0.05, 0) is 59.4 Å². The van der Waals surface area contributed by atoms with E-state index in [2.05, 4.69) is 17.6 Å². The minimum Gasteiger partial charge on any atom is -0.507 e. The average molecular weight is 591 g/mol. The number of amides is 4. The van der Waals surface area contributed by atoms with Crippen molar-refractivity contribution in [3.8, 4) is 5.75 Å². The van der Waals surface area contributed by atoms with Gasteiger partial charge in [-0.3, -0.25) is 14.4 Å². The largest absolute Gasteiger partial charge is 0.507 e. The molecule has 10 heteroatoms. The van der Waals surface area contributed by atoms with Gasteiger partial charge in [0.1, 0.15) is 23.4 Å². The zero-order valence-electron chi connectivity index (χ0n) is 26.8. The fourth-order valence-corrected chi connectivity index (χ4v) is 4.80. The molecule has 10 nitrogen and oxygen atoms in total. The van der Waals surface area contributed by atoms with E-state index in [1.165, 1.54) is 4.90 Å². The number of rotatable bonds is 18. The third-order valence-corrected chi connectivity index (χ3v) is 6.94. The minimum atomic E-state index is -1.18. The van der Waals surface area contributed by atoms with E-state index in [0.29, 0.717) is 17.5 Å². The molecule has 5 N–H and O–H groups in total. The number of hydrogen-bond donors (Lipinski definition) is 4. The van der Waals surface area contributed by atoms with Gasteiger partial charge in [0.2, 0.25) is 17.7 Å². The number of carbonyl (C=O) groups is 4. The molecule has 3 atom stereocenters. The average Bonchev–Trinajstić information content (AvgIpc) is 2.88. The van der Waals surface area contributed by atoms with Gasteiger partial charge in [0, 0.05) is 24.6 Å². The van der Waals surface area contributed by atoms with Crippen LogP contribution in [0, 0.1) is 6.92 Å². The predicted octanol–water partition coefficient (Wildman–Crippen LogP) is 5.39. The first-order valence-electron chi connectivity index (χ1n) is 15.4. The number of phenols is 1. The number of benzene rings is 1. The Morgan fingerprint density at radius 3 is 2.21 bits per heavy atom. The van der Waals surface area contributed by atoms with Crippen LogP contribution in [0.4, 0.5) is 4.79 Å². The number of nitrogens with zero attached hydrogens (tertiary/aromatic N) is 1. The van der Waals surface area contributed by atoms with Crippen molar-refractivity contribution in [2.75, 3.05) is 6.54 Å². The van der Waals surface area contributed by atoms with Crippen LogP contribution >= 0.6 is 0 Å². The van der Waals surface area contributed by atoms with E-state index in [4.69, 9.17) is 10.5 Å². The number of unbranched alkanes of at least 4 members (excludes halogenated alkanes) is 5. The zero-order chi connectivity index (χ0) is 31.9. The topological polar surface area (TPSA) is 151 Å². The highest BCUT2D eigenvalue weighted by Gasteiger charge is 2.38. The summed E-state index contributed by atoms with van der Waals surface area (Å²) in [6.45, 7) is 13.1. The van der Waals surface area contributed by atoms with Gasteiger partial charge in [-0.2, -0.15) is 0 Å². The van der Waals surface area contributed by atoms with Gasteiger partial charge in [-0.15, -0.1) is 0 Å². The predicted molar refractivity (Wildman–Crippen MR) is 165 cm³/mol. The van der Waals surface area contributed by atoms with Crippen molar-refractivity contribution < 1.29 is 29.0 Å². The Kier molecular flexibility index (Phi) is 16.0. The first-order valence-corrected chi connectivity index (χ1v) is 15.4. The molecule has 42 heavy (non-hydrogen) atoms. The van der Waals surface area contributed by atoms with Gasteiger partial charge in [0.15, 0.2) is 0 Å². The maximum atomic E-state index is 14.3. The molecule has 0 saturated heterocycles. The van der Waals surface area contributed by atoms with Crippen molar-refractivity contribution in [3.63, 3.8) is 0 Å². The molecule has 238 valence electrons. The molecular formula is C32H54N4O6. The Labute approximate surface area is 252 Å². The lowest BCUT2D eigenvalue weighted by atomic mass is 9.97. The highest BCUT2D eigenvalue weighted by Crippen LogP contribution is 2.33. The third-order valence-electron chi connectivity index (χ3n) is 6.94. The summed E-state index contributed by atoms with van der Waals surface area (Å²) in [6.07, 6.45) is 6.30. The fraction of sp³-hybridized carbons (Fsp3) is 0.688. The second kappa shape index (κ2) is 18.3. The van der Waals surface area contributed by atoms with Crippen LogP contribution < -0.4 is 16.4 Å². The molecule has 0 bridgehead atoms. The van der Waals surface area contributed by atoms with E-state index in [1.807, 2.05) is 13.8 Å². The highest BCUT2D eigenvalue weighted by molar-refractivity contribution is 5.93. The van der Waals surface area contributed by atoms with Crippen molar-refractivity contribution in [1.82, 2.24) is 15.5 Å². The monoisotopic (exact) mass is 590 g/mol. The maximum Gasteiger partial charge on any atom is 0.408 e. The molecule has 0 saturated carbocycles. The van der Waals surface area contributed by atoms with Gasteiger partial charge in [-0.25, -0.2) is 4.79 Å². The molecular weight excluding hydrogens is 536 g/mol. The Bertz CT molecular complexity index is 1020. The number of primary amides is 1. The van der Waals surface area contributed by atoms with Crippen LogP contribution in [0.1, 0.15) is 123 Å². The van der Waals surface area contributed by atoms with Gasteiger partial charge < -0.3 is 31.1 Å².